The highest BCUT2D eigenvalue weighted by Gasteiger charge is 2.35. The molecule has 40 heavy (non-hydrogen) atoms. The molecule has 10 nitrogen and oxygen atoms in total. The summed E-state index contributed by atoms with van der Waals surface area (Å²) in [6.07, 6.45) is 4.39. The smallest absolute Gasteiger partial charge is 0.255 e. The van der Waals surface area contributed by atoms with Gasteiger partial charge in [0, 0.05) is 49.5 Å². The zero-order valence-electron chi connectivity index (χ0n) is 22.5. The van der Waals surface area contributed by atoms with E-state index in [2.05, 4.69) is 30.9 Å². The van der Waals surface area contributed by atoms with Crippen LogP contribution in [-0.4, -0.2) is 64.0 Å². The van der Waals surface area contributed by atoms with Crippen LogP contribution in [0, 0.1) is 5.82 Å². The normalized spacial score (nSPS) is 16.8. The molecule has 1 fully saturated rings. The maximum Gasteiger partial charge on any atom is 0.255 e. The SMILES string of the molecule is CNc1cc(C(C)NC(=O)C(C)N2Cc3ccc(-c4nc(NC5CCOCC5)ncc4Cl)cc3C2=O)c(F)cn1. The summed E-state index contributed by atoms with van der Waals surface area (Å²) in [6.45, 7) is 5.00. The molecular formula is C28H31ClFN7O3. The first kappa shape index (κ1) is 27.7. The number of aromatic nitrogens is 3. The molecule has 5 rings (SSSR count). The average molecular weight is 568 g/mol. The molecule has 2 aliphatic heterocycles. The Morgan fingerprint density at radius 3 is 2.70 bits per heavy atom. The summed E-state index contributed by atoms with van der Waals surface area (Å²) in [5.74, 6) is -0.233. The van der Waals surface area contributed by atoms with Gasteiger partial charge in [0.1, 0.15) is 17.7 Å². The van der Waals surface area contributed by atoms with Gasteiger partial charge in [-0.1, -0.05) is 23.7 Å². The predicted octanol–water partition coefficient (Wildman–Crippen LogP) is 4.19. The van der Waals surface area contributed by atoms with Gasteiger partial charge >= 0.3 is 0 Å². The maximum absolute atomic E-state index is 14.4. The van der Waals surface area contributed by atoms with Gasteiger partial charge < -0.3 is 25.6 Å². The van der Waals surface area contributed by atoms with Gasteiger partial charge in [-0.15, -0.1) is 0 Å². The van der Waals surface area contributed by atoms with Crippen LogP contribution in [0.25, 0.3) is 11.3 Å². The number of ether oxygens (including phenoxy) is 1. The van der Waals surface area contributed by atoms with Gasteiger partial charge in [0.25, 0.3) is 5.91 Å². The van der Waals surface area contributed by atoms with E-state index >= 15 is 0 Å². The second-order valence-electron chi connectivity index (χ2n) is 9.97. The number of halogens is 2. The average Bonchev–Trinajstić information content (AvgIpc) is 3.29. The van der Waals surface area contributed by atoms with Crippen molar-refractivity contribution in [3.8, 4) is 11.3 Å². The molecule has 0 spiro atoms. The maximum atomic E-state index is 14.4. The molecule has 12 heteroatoms. The van der Waals surface area contributed by atoms with Gasteiger partial charge in [0.2, 0.25) is 11.9 Å². The molecule has 3 N–H and O–H groups in total. The fourth-order valence-electron chi connectivity index (χ4n) is 4.92. The number of anilines is 2. The summed E-state index contributed by atoms with van der Waals surface area (Å²) < 4.78 is 19.8. The van der Waals surface area contributed by atoms with E-state index in [9.17, 15) is 14.0 Å². The lowest BCUT2D eigenvalue weighted by Gasteiger charge is -2.25. The van der Waals surface area contributed by atoms with Gasteiger partial charge in [-0.05, 0) is 44.4 Å². The van der Waals surface area contributed by atoms with Crippen LogP contribution in [-0.2, 0) is 16.1 Å². The minimum Gasteiger partial charge on any atom is -0.381 e. The molecule has 210 valence electrons. The molecule has 2 aromatic heterocycles. The van der Waals surface area contributed by atoms with Crippen LogP contribution in [0.5, 0.6) is 0 Å². The van der Waals surface area contributed by atoms with Crippen molar-refractivity contribution in [3.05, 3.63) is 64.2 Å². The largest absolute Gasteiger partial charge is 0.381 e. The monoisotopic (exact) mass is 567 g/mol. The van der Waals surface area contributed by atoms with Gasteiger partial charge in [-0.2, -0.15) is 0 Å². The Kier molecular flexibility index (Phi) is 8.13. The molecule has 1 saturated heterocycles. The van der Waals surface area contributed by atoms with Crippen LogP contribution in [0.4, 0.5) is 16.2 Å². The quantitative estimate of drug-likeness (QED) is 0.370. The number of carbonyl (C=O) groups excluding carboxylic acids is 2. The van der Waals surface area contributed by atoms with Crippen molar-refractivity contribution in [2.24, 2.45) is 0 Å². The number of nitrogens with zero attached hydrogens (tertiary/aromatic N) is 4. The number of benzene rings is 1. The molecule has 2 aliphatic rings. The standard InChI is InChI=1S/C28H31ClFN7O3/c1-15(20-11-24(31-3)32-13-23(20)30)34-26(38)16(2)37-14-18-5-4-17(10-21(18)27(37)39)25-22(29)12-33-28(36-25)35-19-6-8-40-9-7-19/h4-5,10-13,15-16,19H,6-9,14H2,1-3H3,(H,31,32)(H,34,38)(H,33,35,36). The summed E-state index contributed by atoms with van der Waals surface area (Å²) in [5.41, 5.74) is 2.77. The molecule has 0 radical (unpaired) electrons. The van der Waals surface area contributed by atoms with Crippen molar-refractivity contribution in [2.45, 2.75) is 51.4 Å². The number of carbonyl (C=O) groups is 2. The molecule has 2 atom stereocenters. The van der Waals surface area contributed by atoms with E-state index in [-0.39, 0.29) is 18.5 Å². The minimum absolute atomic E-state index is 0.216. The Morgan fingerprint density at radius 2 is 1.95 bits per heavy atom. The Morgan fingerprint density at radius 1 is 1.18 bits per heavy atom. The molecule has 2 unspecified atom stereocenters. The second kappa shape index (κ2) is 11.7. The molecule has 0 saturated carbocycles. The van der Waals surface area contributed by atoms with Gasteiger partial charge in [-0.25, -0.2) is 19.3 Å². The molecular weight excluding hydrogens is 537 g/mol. The second-order valence-corrected chi connectivity index (χ2v) is 10.4. The van der Waals surface area contributed by atoms with Crippen LogP contribution < -0.4 is 16.0 Å². The lowest BCUT2D eigenvalue weighted by atomic mass is 10.0. The number of rotatable bonds is 8. The Labute approximate surface area is 236 Å². The van der Waals surface area contributed by atoms with Crippen LogP contribution in [0.2, 0.25) is 5.02 Å². The van der Waals surface area contributed by atoms with Crippen molar-refractivity contribution in [1.82, 2.24) is 25.2 Å². The number of amides is 2. The number of pyridine rings is 1. The molecule has 0 bridgehead atoms. The van der Waals surface area contributed by atoms with E-state index in [0.717, 1.165) is 24.6 Å². The van der Waals surface area contributed by atoms with Crippen LogP contribution in [0.1, 0.15) is 54.2 Å². The molecule has 3 aromatic rings. The van der Waals surface area contributed by atoms with E-state index in [1.807, 2.05) is 12.1 Å². The summed E-state index contributed by atoms with van der Waals surface area (Å²) in [4.78, 5) is 40.9. The first-order valence-electron chi connectivity index (χ1n) is 13.2. The molecule has 0 aliphatic carbocycles. The third-order valence-electron chi connectivity index (χ3n) is 7.33. The first-order valence-corrected chi connectivity index (χ1v) is 13.6. The van der Waals surface area contributed by atoms with E-state index in [0.29, 0.717) is 52.4 Å². The zero-order chi connectivity index (χ0) is 28.4. The fourth-order valence-corrected chi connectivity index (χ4v) is 5.12. The van der Waals surface area contributed by atoms with Crippen molar-refractivity contribution in [3.63, 3.8) is 0 Å². The fraction of sp³-hybridized carbons (Fsp3) is 0.393. The number of hydrogen-bond donors (Lipinski definition) is 3. The third kappa shape index (κ3) is 5.71. The highest BCUT2D eigenvalue weighted by Crippen LogP contribution is 2.32. The lowest BCUT2D eigenvalue weighted by molar-refractivity contribution is -0.125. The van der Waals surface area contributed by atoms with E-state index < -0.39 is 23.8 Å². The summed E-state index contributed by atoms with van der Waals surface area (Å²) in [5, 5.41) is 9.39. The van der Waals surface area contributed by atoms with Crippen molar-refractivity contribution < 1.29 is 18.7 Å². The van der Waals surface area contributed by atoms with Crippen molar-refractivity contribution >= 4 is 35.2 Å². The van der Waals surface area contributed by atoms with Crippen LogP contribution in [0.3, 0.4) is 0 Å². The first-order chi connectivity index (χ1) is 19.2. The van der Waals surface area contributed by atoms with E-state index in [1.165, 1.54) is 4.90 Å². The molecule has 1 aromatic carbocycles. The third-order valence-corrected chi connectivity index (χ3v) is 7.60. The van der Waals surface area contributed by atoms with Gasteiger partial charge in [0.15, 0.2) is 0 Å². The highest BCUT2D eigenvalue weighted by atomic mass is 35.5. The summed E-state index contributed by atoms with van der Waals surface area (Å²) >= 11 is 6.45. The summed E-state index contributed by atoms with van der Waals surface area (Å²) in [6, 6.07) is 5.83. The van der Waals surface area contributed by atoms with Crippen molar-refractivity contribution in [2.75, 3.05) is 30.9 Å². The zero-order valence-corrected chi connectivity index (χ0v) is 23.3. The molecule has 4 heterocycles. The minimum atomic E-state index is -0.780. The lowest BCUT2D eigenvalue weighted by Crippen LogP contribution is -2.46. The number of fused-ring (bicyclic) bond motifs is 1. The topological polar surface area (TPSA) is 121 Å². The Balaban J connectivity index is 1.30. The van der Waals surface area contributed by atoms with E-state index in [4.69, 9.17) is 16.3 Å². The van der Waals surface area contributed by atoms with Crippen LogP contribution in [0.15, 0.2) is 36.7 Å². The number of hydrogen-bond acceptors (Lipinski definition) is 8. The molecule has 2 amide bonds. The van der Waals surface area contributed by atoms with Crippen molar-refractivity contribution in [1.29, 1.82) is 0 Å². The highest BCUT2D eigenvalue weighted by molar-refractivity contribution is 6.33. The van der Waals surface area contributed by atoms with E-state index in [1.54, 1.807) is 39.2 Å². The van der Waals surface area contributed by atoms with Gasteiger partial charge in [-0.3, -0.25) is 9.59 Å². The summed E-state index contributed by atoms with van der Waals surface area (Å²) in [7, 11) is 1.68. The Bertz CT molecular complexity index is 1430. The number of nitrogens with one attached hydrogen (secondary N) is 3. The predicted molar refractivity (Wildman–Crippen MR) is 150 cm³/mol. The Hall–Kier alpha value is -3.83. The van der Waals surface area contributed by atoms with Crippen LogP contribution >= 0.6 is 11.6 Å². The van der Waals surface area contributed by atoms with Gasteiger partial charge in [0.05, 0.1) is 29.2 Å².